The maximum atomic E-state index is 5.80. The number of nitrogens with two attached hydrogens (primary N) is 3. The maximum Gasteiger partial charge on any atom is 0.153 e. The molecular weight excluding hydrogens is 681 g/mol. The van der Waals surface area contributed by atoms with Crippen molar-refractivity contribution in [1.29, 1.82) is 0 Å². The molecule has 0 fully saturated rings. The molecular formula is C27H48Cl6N8O2. The summed E-state index contributed by atoms with van der Waals surface area (Å²) in [5.74, 6) is 2.66. The van der Waals surface area contributed by atoms with Crippen LogP contribution in [-0.2, 0) is 13.1 Å². The van der Waals surface area contributed by atoms with E-state index >= 15 is 0 Å². The maximum absolute atomic E-state index is 5.80. The molecule has 0 spiro atoms. The minimum absolute atomic E-state index is 0. The summed E-state index contributed by atoms with van der Waals surface area (Å²) < 4.78 is 11.3. The molecule has 0 bridgehead atoms. The van der Waals surface area contributed by atoms with Crippen LogP contribution in [0.1, 0.15) is 37.8 Å². The minimum Gasteiger partial charge on any atom is -0.481 e. The third kappa shape index (κ3) is 15.9. The van der Waals surface area contributed by atoms with Crippen LogP contribution in [0.15, 0.2) is 46.4 Å². The lowest BCUT2D eigenvalue weighted by Gasteiger charge is -2.21. The molecule has 43 heavy (non-hydrogen) atoms. The van der Waals surface area contributed by atoms with Gasteiger partial charge >= 0.3 is 0 Å². The van der Waals surface area contributed by atoms with Crippen LogP contribution in [0, 0.1) is 0 Å². The van der Waals surface area contributed by atoms with Gasteiger partial charge in [-0.2, -0.15) is 0 Å². The summed E-state index contributed by atoms with van der Waals surface area (Å²) in [5, 5.41) is 9.86. The van der Waals surface area contributed by atoms with E-state index in [1.165, 1.54) is 11.1 Å². The van der Waals surface area contributed by atoms with Gasteiger partial charge in [-0.15, -0.1) is 74.4 Å². The van der Waals surface area contributed by atoms with E-state index in [1.807, 2.05) is 51.2 Å². The van der Waals surface area contributed by atoms with E-state index < -0.39 is 0 Å². The summed E-state index contributed by atoms with van der Waals surface area (Å²) >= 11 is 0. The Morgan fingerprint density at radius 3 is 1.49 bits per heavy atom. The predicted molar refractivity (Wildman–Crippen MR) is 195 cm³/mol. The van der Waals surface area contributed by atoms with Crippen LogP contribution < -0.4 is 42.6 Å². The smallest absolute Gasteiger partial charge is 0.153 e. The molecule has 2 aliphatic heterocycles. The van der Waals surface area contributed by atoms with Gasteiger partial charge in [0.05, 0.1) is 0 Å². The number of ether oxygens (including phenoxy) is 2. The lowest BCUT2D eigenvalue weighted by molar-refractivity contribution is 0.281. The molecule has 10 nitrogen and oxygen atoms in total. The van der Waals surface area contributed by atoms with E-state index in [1.54, 1.807) is 0 Å². The van der Waals surface area contributed by atoms with Gasteiger partial charge in [0, 0.05) is 13.1 Å². The summed E-state index contributed by atoms with van der Waals surface area (Å²) in [6.45, 7) is 9.10. The zero-order valence-corrected chi connectivity index (χ0v) is 29.6. The Kier molecular flexibility index (Phi) is 29.1. The van der Waals surface area contributed by atoms with E-state index in [0.29, 0.717) is 18.2 Å². The van der Waals surface area contributed by atoms with E-state index in [9.17, 15) is 0 Å². The first kappa shape index (κ1) is 48.5. The second kappa shape index (κ2) is 25.8. The van der Waals surface area contributed by atoms with Gasteiger partial charge in [-0.1, -0.05) is 12.1 Å². The molecule has 0 saturated heterocycles. The number of halogens is 6. The number of benzene rings is 2. The van der Waals surface area contributed by atoms with E-state index in [0.717, 1.165) is 68.4 Å². The average molecular weight is 729 g/mol. The van der Waals surface area contributed by atoms with E-state index in [2.05, 4.69) is 32.0 Å². The van der Waals surface area contributed by atoms with Crippen molar-refractivity contribution < 1.29 is 9.47 Å². The number of rotatable bonds is 11. The Bertz CT molecular complexity index is 1100. The van der Waals surface area contributed by atoms with Crippen molar-refractivity contribution in [2.45, 2.75) is 52.0 Å². The number of amidine groups is 2. The van der Waals surface area contributed by atoms with Gasteiger partial charge in [0.1, 0.15) is 34.5 Å². The van der Waals surface area contributed by atoms with Crippen LogP contribution >= 0.6 is 74.4 Å². The average Bonchev–Trinajstić information content (AvgIpc) is 2.88. The van der Waals surface area contributed by atoms with Crippen molar-refractivity contribution in [3.05, 3.63) is 47.5 Å². The number of fused-ring (bicyclic) bond motifs is 2. The van der Waals surface area contributed by atoms with Gasteiger partial charge < -0.3 is 42.6 Å². The predicted octanol–water partition coefficient (Wildman–Crippen LogP) is 4.58. The third-order valence-corrected chi connectivity index (χ3v) is 5.98. The van der Waals surface area contributed by atoms with Gasteiger partial charge in [0.2, 0.25) is 0 Å². The van der Waals surface area contributed by atoms with Crippen LogP contribution in [-0.4, -0.2) is 57.1 Å². The molecule has 0 radical (unpaired) electrons. The van der Waals surface area contributed by atoms with Crippen LogP contribution in [0.4, 0.5) is 11.4 Å². The molecule has 16 heteroatoms. The van der Waals surface area contributed by atoms with Gasteiger partial charge in [0.15, 0.2) is 12.2 Å². The fourth-order valence-corrected chi connectivity index (χ4v) is 3.76. The second-order valence-corrected chi connectivity index (χ2v) is 9.15. The molecule has 0 aliphatic carbocycles. The lowest BCUT2D eigenvalue weighted by Crippen LogP contribution is -2.33. The number of aliphatic imine (C=N–C) groups is 2. The molecule has 2 aromatic carbocycles. The second-order valence-electron chi connectivity index (χ2n) is 9.15. The summed E-state index contributed by atoms with van der Waals surface area (Å²) in [5.41, 5.74) is 21.0. The molecule has 0 amide bonds. The van der Waals surface area contributed by atoms with Crippen molar-refractivity contribution in [3.8, 4) is 11.5 Å². The molecule has 2 aliphatic rings. The normalized spacial score (nSPS) is 15.3. The van der Waals surface area contributed by atoms with Gasteiger partial charge in [-0.05, 0) is 95.3 Å². The topological polar surface area (TPSA) is 157 Å². The highest BCUT2D eigenvalue weighted by Gasteiger charge is 2.19. The first-order chi connectivity index (χ1) is 17.9. The quantitative estimate of drug-likeness (QED) is 0.184. The van der Waals surface area contributed by atoms with Crippen molar-refractivity contribution >= 4 is 97.5 Å². The van der Waals surface area contributed by atoms with Crippen LogP contribution in [0.25, 0.3) is 0 Å². The molecule has 2 atom stereocenters. The van der Waals surface area contributed by atoms with Crippen LogP contribution in [0.3, 0.4) is 0 Å². The molecule has 0 aromatic heterocycles. The molecule has 2 heterocycles. The zero-order valence-electron chi connectivity index (χ0n) is 24.7. The Balaban J connectivity index is -0.000000311. The summed E-state index contributed by atoms with van der Waals surface area (Å²) in [4.78, 5) is 8.73. The fraction of sp³-hybridized carbons (Fsp3) is 0.481. The van der Waals surface area contributed by atoms with Crippen LogP contribution in [0.5, 0.6) is 11.5 Å². The first-order valence-corrected chi connectivity index (χ1v) is 12.9. The Labute approximate surface area is 293 Å². The summed E-state index contributed by atoms with van der Waals surface area (Å²) in [7, 11) is 1.97. The van der Waals surface area contributed by atoms with Crippen LogP contribution in [0.2, 0.25) is 0 Å². The lowest BCUT2D eigenvalue weighted by atomic mass is 10.1. The highest BCUT2D eigenvalue weighted by atomic mass is 35.5. The van der Waals surface area contributed by atoms with E-state index in [4.69, 9.17) is 26.7 Å². The summed E-state index contributed by atoms with van der Waals surface area (Å²) in [6, 6.07) is 12.0. The zero-order chi connectivity index (χ0) is 26.6. The molecule has 250 valence electrons. The molecule has 9 N–H and O–H groups in total. The van der Waals surface area contributed by atoms with Crippen molar-refractivity contribution in [2.24, 2.45) is 27.2 Å². The first-order valence-electron chi connectivity index (χ1n) is 12.9. The molecule has 2 aromatic rings. The van der Waals surface area contributed by atoms with Gasteiger partial charge in [-0.3, -0.25) is 0 Å². The van der Waals surface area contributed by atoms with E-state index in [-0.39, 0.29) is 86.7 Å². The molecule has 4 rings (SSSR count). The molecule has 2 unspecified atom stereocenters. The van der Waals surface area contributed by atoms with Crippen molar-refractivity contribution in [3.63, 3.8) is 0 Å². The Morgan fingerprint density at radius 2 is 1.09 bits per heavy atom. The number of nitrogens with one attached hydrogen (secondary N) is 3. The highest BCUT2D eigenvalue weighted by Crippen LogP contribution is 2.33. The van der Waals surface area contributed by atoms with Gasteiger partial charge in [-0.25, -0.2) is 9.98 Å². The standard InChI is InChI=1S/C14H22N4O.C13H20N4O.6ClH/c1-10-14(15)18-12-8-11(4-5-13(12)19-10)9-17-7-3-6-16-2;1-9-13(15)17-11-7-10(3-4-12(11)18-9)8-16-6-2-5-14;;;;;;/h4-5,8,10,16-17H,3,6-7,9H2,1-2H3,(H2,15,18);3-4,7,9,16H,2,5-6,8,14H2,1H3,(H2,15,17);6*1H. The fourth-order valence-electron chi connectivity index (χ4n) is 3.76. The molecule has 0 saturated carbocycles. The Morgan fingerprint density at radius 1 is 0.674 bits per heavy atom. The largest absolute Gasteiger partial charge is 0.481 e. The van der Waals surface area contributed by atoms with Crippen molar-refractivity contribution in [2.75, 3.05) is 33.2 Å². The minimum atomic E-state index is -0.147. The van der Waals surface area contributed by atoms with Crippen molar-refractivity contribution in [1.82, 2.24) is 16.0 Å². The Hall–Kier alpha value is -1.44. The monoisotopic (exact) mass is 726 g/mol. The highest BCUT2D eigenvalue weighted by molar-refractivity contribution is 5.90. The summed E-state index contributed by atoms with van der Waals surface area (Å²) in [6.07, 6.45) is 1.81. The number of hydrogen-bond acceptors (Lipinski definition) is 10. The number of nitrogens with zero attached hydrogens (tertiary/aromatic N) is 2. The van der Waals surface area contributed by atoms with Gasteiger partial charge in [0.25, 0.3) is 0 Å². The third-order valence-electron chi connectivity index (χ3n) is 5.98. The number of hydrogen-bond donors (Lipinski definition) is 6. The SMILES string of the molecule is CC1Oc2ccc(CNCCCN)cc2N=C1N.CNCCCNCc1ccc2c(c1)N=C(N)C(C)O2.Cl.Cl.Cl.Cl.Cl.Cl.